The van der Waals surface area contributed by atoms with Gasteiger partial charge in [0.25, 0.3) is 0 Å². The molecule has 4 heteroatoms. The average molecular weight is 264 g/mol. The standard InChI is InChI=1S/C15H24N2O2/c1-12(9-10-17(2)3)16-11-13-5-7-14(8-6-13)15(18)19-4/h5-8,12,16H,9-11H2,1-4H3. The highest BCUT2D eigenvalue weighted by molar-refractivity contribution is 5.89. The molecule has 0 fully saturated rings. The minimum atomic E-state index is -0.293. The number of carbonyl (C=O) groups excluding carboxylic acids is 1. The zero-order chi connectivity index (χ0) is 14.3. The first kappa shape index (κ1) is 15.7. The first-order valence-corrected chi connectivity index (χ1v) is 6.58. The number of rotatable bonds is 7. The summed E-state index contributed by atoms with van der Waals surface area (Å²) in [6.07, 6.45) is 1.12. The number of hydrogen-bond donors (Lipinski definition) is 1. The molecule has 1 aromatic rings. The number of methoxy groups -OCH3 is 1. The van der Waals surface area contributed by atoms with E-state index >= 15 is 0 Å². The third-order valence-electron chi connectivity index (χ3n) is 3.04. The molecule has 106 valence electrons. The first-order valence-electron chi connectivity index (χ1n) is 6.58. The molecular formula is C15H24N2O2. The Labute approximate surface area is 115 Å². The number of benzene rings is 1. The van der Waals surface area contributed by atoms with E-state index < -0.39 is 0 Å². The predicted molar refractivity (Wildman–Crippen MR) is 77.3 cm³/mol. The lowest BCUT2D eigenvalue weighted by atomic mass is 10.1. The van der Waals surface area contributed by atoms with Crippen LogP contribution in [0.2, 0.25) is 0 Å². The summed E-state index contributed by atoms with van der Waals surface area (Å²) >= 11 is 0. The summed E-state index contributed by atoms with van der Waals surface area (Å²) in [5.74, 6) is -0.293. The Kier molecular flexibility index (Phi) is 6.53. The molecule has 0 heterocycles. The normalized spacial score (nSPS) is 12.5. The monoisotopic (exact) mass is 264 g/mol. The molecule has 0 amide bonds. The molecular weight excluding hydrogens is 240 g/mol. The van der Waals surface area contributed by atoms with E-state index in [1.807, 2.05) is 12.1 Å². The van der Waals surface area contributed by atoms with Crippen LogP contribution in [0.3, 0.4) is 0 Å². The highest BCUT2D eigenvalue weighted by atomic mass is 16.5. The highest BCUT2D eigenvalue weighted by Crippen LogP contribution is 2.06. The molecule has 4 nitrogen and oxygen atoms in total. The zero-order valence-corrected chi connectivity index (χ0v) is 12.3. The van der Waals surface area contributed by atoms with Crippen molar-refractivity contribution in [1.29, 1.82) is 0 Å². The van der Waals surface area contributed by atoms with E-state index in [2.05, 4.69) is 36.0 Å². The van der Waals surface area contributed by atoms with Crippen LogP contribution in [0.1, 0.15) is 29.3 Å². The minimum Gasteiger partial charge on any atom is -0.465 e. The predicted octanol–water partition coefficient (Wildman–Crippen LogP) is 1.90. The summed E-state index contributed by atoms with van der Waals surface area (Å²) in [4.78, 5) is 13.5. The summed E-state index contributed by atoms with van der Waals surface area (Å²) in [6, 6.07) is 7.99. The van der Waals surface area contributed by atoms with Crippen molar-refractivity contribution in [1.82, 2.24) is 10.2 Å². The van der Waals surface area contributed by atoms with Gasteiger partial charge in [0, 0.05) is 12.6 Å². The van der Waals surface area contributed by atoms with E-state index in [0.29, 0.717) is 11.6 Å². The Morgan fingerprint density at radius 3 is 2.47 bits per heavy atom. The molecule has 0 aliphatic heterocycles. The lowest BCUT2D eigenvalue weighted by molar-refractivity contribution is 0.0600. The van der Waals surface area contributed by atoms with Crippen molar-refractivity contribution in [2.75, 3.05) is 27.7 Å². The topological polar surface area (TPSA) is 41.6 Å². The minimum absolute atomic E-state index is 0.293. The van der Waals surface area contributed by atoms with E-state index in [-0.39, 0.29) is 5.97 Å². The second kappa shape index (κ2) is 7.92. The maximum absolute atomic E-state index is 11.3. The van der Waals surface area contributed by atoms with Gasteiger partial charge in [0.2, 0.25) is 0 Å². The van der Waals surface area contributed by atoms with E-state index in [4.69, 9.17) is 0 Å². The summed E-state index contributed by atoms with van der Waals surface area (Å²) in [5, 5.41) is 3.47. The molecule has 1 unspecified atom stereocenters. The number of nitrogens with one attached hydrogen (secondary N) is 1. The Morgan fingerprint density at radius 2 is 1.95 bits per heavy atom. The maximum Gasteiger partial charge on any atom is 0.337 e. The maximum atomic E-state index is 11.3. The fraction of sp³-hybridized carbons (Fsp3) is 0.533. The lowest BCUT2D eigenvalue weighted by Gasteiger charge is -2.16. The molecule has 1 N–H and O–H groups in total. The largest absolute Gasteiger partial charge is 0.465 e. The third-order valence-corrected chi connectivity index (χ3v) is 3.04. The van der Waals surface area contributed by atoms with Crippen LogP contribution >= 0.6 is 0 Å². The molecule has 1 aromatic carbocycles. The average Bonchev–Trinajstić information content (AvgIpc) is 2.42. The van der Waals surface area contributed by atoms with Gasteiger partial charge < -0.3 is 15.0 Å². The van der Waals surface area contributed by atoms with Crippen molar-refractivity contribution in [3.8, 4) is 0 Å². The zero-order valence-electron chi connectivity index (χ0n) is 12.3. The molecule has 1 rings (SSSR count). The molecule has 0 saturated carbocycles. The second-order valence-electron chi connectivity index (χ2n) is 5.06. The SMILES string of the molecule is COC(=O)c1ccc(CNC(C)CCN(C)C)cc1. The second-order valence-corrected chi connectivity index (χ2v) is 5.06. The van der Waals surface area contributed by atoms with Gasteiger partial charge >= 0.3 is 5.97 Å². The van der Waals surface area contributed by atoms with Gasteiger partial charge in [0.05, 0.1) is 12.7 Å². The highest BCUT2D eigenvalue weighted by Gasteiger charge is 2.05. The summed E-state index contributed by atoms with van der Waals surface area (Å²) in [7, 11) is 5.56. The first-order chi connectivity index (χ1) is 9.02. The molecule has 0 saturated heterocycles. The van der Waals surface area contributed by atoms with Crippen molar-refractivity contribution >= 4 is 5.97 Å². The quantitative estimate of drug-likeness (QED) is 0.764. The molecule has 1 atom stereocenters. The van der Waals surface area contributed by atoms with Gasteiger partial charge in [-0.1, -0.05) is 12.1 Å². The summed E-state index contributed by atoms with van der Waals surface area (Å²) < 4.78 is 4.67. The van der Waals surface area contributed by atoms with Crippen LogP contribution < -0.4 is 5.32 Å². The van der Waals surface area contributed by atoms with Crippen LogP contribution in [0.5, 0.6) is 0 Å². The van der Waals surface area contributed by atoms with Crippen molar-refractivity contribution in [2.45, 2.75) is 25.9 Å². The molecule has 0 aliphatic carbocycles. The number of carbonyl (C=O) groups is 1. The number of nitrogens with zero attached hydrogens (tertiary/aromatic N) is 1. The molecule has 19 heavy (non-hydrogen) atoms. The Morgan fingerprint density at radius 1 is 1.32 bits per heavy atom. The summed E-state index contributed by atoms with van der Waals surface area (Å²) in [5.41, 5.74) is 1.76. The summed E-state index contributed by atoms with van der Waals surface area (Å²) in [6.45, 7) is 4.08. The fourth-order valence-electron chi connectivity index (χ4n) is 1.72. The van der Waals surface area contributed by atoms with Crippen LogP contribution in [0.15, 0.2) is 24.3 Å². The molecule has 0 spiro atoms. The lowest BCUT2D eigenvalue weighted by Crippen LogP contribution is -2.29. The van der Waals surface area contributed by atoms with E-state index in [0.717, 1.165) is 19.5 Å². The molecule has 0 aromatic heterocycles. The van der Waals surface area contributed by atoms with E-state index in [9.17, 15) is 4.79 Å². The van der Waals surface area contributed by atoms with Gasteiger partial charge in [0.15, 0.2) is 0 Å². The van der Waals surface area contributed by atoms with Gasteiger partial charge in [-0.05, 0) is 51.7 Å². The number of esters is 1. The van der Waals surface area contributed by atoms with Crippen LogP contribution in [-0.2, 0) is 11.3 Å². The van der Waals surface area contributed by atoms with Gasteiger partial charge in [0.1, 0.15) is 0 Å². The smallest absolute Gasteiger partial charge is 0.337 e. The Bertz CT molecular complexity index is 388. The number of ether oxygens (including phenoxy) is 1. The molecule has 0 aliphatic rings. The molecule has 0 bridgehead atoms. The van der Waals surface area contributed by atoms with Gasteiger partial charge in [-0.15, -0.1) is 0 Å². The van der Waals surface area contributed by atoms with Crippen molar-refractivity contribution < 1.29 is 9.53 Å². The van der Waals surface area contributed by atoms with Crippen LogP contribution in [0.25, 0.3) is 0 Å². The van der Waals surface area contributed by atoms with Crippen molar-refractivity contribution in [3.63, 3.8) is 0 Å². The Hall–Kier alpha value is -1.39. The van der Waals surface area contributed by atoms with Gasteiger partial charge in [-0.25, -0.2) is 4.79 Å². The van der Waals surface area contributed by atoms with Crippen molar-refractivity contribution in [3.05, 3.63) is 35.4 Å². The van der Waals surface area contributed by atoms with Gasteiger partial charge in [-0.2, -0.15) is 0 Å². The van der Waals surface area contributed by atoms with Crippen molar-refractivity contribution in [2.24, 2.45) is 0 Å². The van der Waals surface area contributed by atoms with E-state index in [1.54, 1.807) is 12.1 Å². The van der Waals surface area contributed by atoms with E-state index in [1.165, 1.54) is 12.7 Å². The van der Waals surface area contributed by atoms with Gasteiger partial charge in [-0.3, -0.25) is 0 Å². The van der Waals surface area contributed by atoms with Crippen LogP contribution in [0, 0.1) is 0 Å². The third kappa shape index (κ3) is 5.85. The molecule has 0 radical (unpaired) electrons. The van der Waals surface area contributed by atoms with Crippen LogP contribution in [0.4, 0.5) is 0 Å². The Balaban J connectivity index is 2.39. The van der Waals surface area contributed by atoms with Crippen LogP contribution in [-0.4, -0.2) is 44.7 Å². The fourth-order valence-corrected chi connectivity index (χ4v) is 1.72. The number of hydrogen-bond acceptors (Lipinski definition) is 4.